The zero-order chi connectivity index (χ0) is 24.6. The van der Waals surface area contributed by atoms with Gasteiger partial charge in [0, 0.05) is 12.3 Å². The molecule has 1 amide bonds. The molecule has 180 valence electrons. The maximum Gasteiger partial charge on any atom is 0.264 e. The number of aryl methyl sites for hydroxylation is 2. The van der Waals surface area contributed by atoms with Crippen molar-refractivity contribution in [1.29, 1.82) is 0 Å². The number of benzene rings is 3. The van der Waals surface area contributed by atoms with Gasteiger partial charge in [0.1, 0.15) is 12.4 Å². The number of hydrogen-bond acceptors (Lipinski definition) is 4. The molecule has 0 fully saturated rings. The van der Waals surface area contributed by atoms with Crippen LogP contribution < -0.4 is 9.62 Å². The zero-order valence-corrected chi connectivity index (χ0v) is 21.0. The average molecular weight is 501 g/mol. The van der Waals surface area contributed by atoms with Crippen LogP contribution in [0.1, 0.15) is 23.1 Å². The number of sulfonamides is 1. The minimum absolute atomic E-state index is 0.138. The molecule has 8 heteroatoms. The molecule has 0 aliphatic carbocycles. The highest BCUT2D eigenvalue weighted by Crippen LogP contribution is 2.26. The normalized spacial score (nSPS) is 11.3. The summed E-state index contributed by atoms with van der Waals surface area (Å²) >= 11 is 1.59. The highest BCUT2D eigenvalue weighted by Gasteiger charge is 2.28. The number of para-hydroxylation sites is 1. The molecule has 3 aromatic carbocycles. The summed E-state index contributed by atoms with van der Waals surface area (Å²) < 4.78 is 41.7. The molecule has 0 bridgehead atoms. The molecule has 0 saturated carbocycles. The van der Waals surface area contributed by atoms with Gasteiger partial charge in [0.2, 0.25) is 5.91 Å². The molecule has 1 N–H and O–H groups in total. The molecule has 0 aromatic heterocycles. The van der Waals surface area contributed by atoms with Crippen molar-refractivity contribution >= 4 is 33.4 Å². The van der Waals surface area contributed by atoms with Crippen molar-refractivity contribution in [3.05, 3.63) is 95.3 Å². The van der Waals surface area contributed by atoms with E-state index in [-0.39, 0.29) is 23.2 Å². The van der Waals surface area contributed by atoms with E-state index in [4.69, 9.17) is 0 Å². The molecule has 34 heavy (non-hydrogen) atoms. The van der Waals surface area contributed by atoms with Gasteiger partial charge in [0.15, 0.2) is 0 Å². The summed E-state index contributed by atoms with van der Waals surface area (Å²) in [5.41, 5.74) is 2.84. The Morgan fingerprint density at radius 1 is 0.971 bits per heavy atom. The second-order valence-electron chi connectivity index (χ2n) is 7.96. The summed E-state index contributed by atoms with van der Waals surface area (Å²) in [6.45, 7) is 3.80. The number of halogens is 1. The fourth-order valence-electron chi connectivity index (χ4n) is 3.37. The van der Waals surface area contributed by atoms with Gasteiger partial charge in [-0.15, -0.1) is 0 Å². The zero-order valence-electron chi connectivity index (χ0n) is 19.3. The van der Waals surface area contributed by atoms with Crippen molar-refractivity contribution in [2.75, 3.05) is 23.1 Å². The van der Waals surface area contributed by atoms with Gasteiger partial charge in [-0.3, -0.25) is 9.10 Å². The third kappa shape index (κ3) is 6.84. The van der Waals surface area contributed by atoms with Crippen molar-refractivity contribution in [3.8, 4) is 0 Å². The van der Waals surface area contributed by atoms with Crippen molar-refractivity contribution < 1.29 is 17.6 Å². The second kappa shape index (κ2) is 12.0. The first kappa shape index (κ1) is 25.8. The maximum absolute atomic E-state index is 13.7. The number of carbonyl (C=O) groups excluding carboxylic acids is 1. The van der Waals surface area contributed by atoms with Crippen LogP contribution >= 0.6 is 11.8 Å². The molecule has 3 aromatic rings. The van der Waals surface area contributed by atoms with E-state index in [0.717, 1.165) is 21.2 Å². The summed E-state index contributed by atoms with van der Waals surface area (Å²) in [5, 5.41) is 2.81. The van der Waals surface area contributed by atoms with E-state index in [2.05, 4.69) is 5.32 Å². The van der Waals surface area contributed by atoms with Gasteiger partial charge in [-0.25, -0.2) is 12.8 Å². The number of amides is 1. The number of anilines is 1. The Kier molecular flexibility index (Phi) is 9.12. The van der Waals surface area contributed by atoms with Crippen molar-refractivity contribution in [2.24, 2.45) is 0 Å². The van der Waals surface area contributed by atoms with E-state index in [1.807, 2.05) is 32.0 Å². The number of rotatable bonds is 11. The van der Waals surface area contributed by atoms with Gasteiger partial charge in [0.05, 0.1) is 10.6 Å². The fraction of sp³-hybridized carbons (Fsp3) is 0.269. The molecular weight excluding hydrogens is 471 g/mol. The fourth-order valence-corrected chi connectivity index (χ4v) is 5.80. The van der Waals surface area contributed by atoms with Crippen LogP contribution in [0.2, 0.25) is 0 Å². The smallest absolute Gasteiger partial charge is 0.264 e. The van der Waals surface area contributed by atoms with Crippen LogP contribution in [0.5, 0.6) is 0 Å². The standard InChI is InChI=1S/C26H29FN2O3S2/c1-20-12-14-23(15-13-20)34(31,32)29(25-11-6-3-8-21(25)2)18-26(30)28-16-7-17-33-19-22-9-4-5-10-24(22)27/h3-6,8-15H,7,16-19H2,1-2H3,(H,28,30). The molecule has 0 aliphatic heterocycles. The van der Waals surface area contributed by atoms with Gasteiger partial charge >= 0.3 is 0 Å². The minimum atomic E-state index is -3.93. The summed E-state index contributed by atoms with van der Waals surface area (Å²) in [6.07, 6.45) is 0.694. The van der Waals surface area contributed by atoms with Crippen molar-refractivity contribution in [2.45, 2.75) is 30.9 Å². The summed E-state index contributed by atoms with van der Waals surface area (Å²) in [4.78, 5) is 12.8. The van der Waals surface area contributed by atoms with Crippen LogP contribution in [0.3, 0.4) is 0 Å². The van der Waals surface area contributed by atoms with Crippen LogP contribution in [-0.4, -0.2) is 33.2 Å². The lowest BCUT2D eigenvalue weighted by Crippen LogP contribution is -2.41. The predicted molar refractivity (Wildman–Crippen MR) is 137 cm³/mol. The number of hydrogen-bond donors (Lipinski definition) is 1. The van der Waals surface area contributed by atoms with Crippen molar-refractivity contribution in [1.82, 2.24) is 5.32 Å². The largest absolute Gasteiger partial charge is 0.354 e. The Hall–Kier alpha value is -2.84. The molecule has 0 spiro atoms. The number of carbonyl (C=O) groups is 1. The third-order valence-corrected chi connectivity index (χ3v) is 8.15. The van der Waals surface area contributed by atoms with Gasteiger partial charge < -0.3 is 5.32 Å². The lowest BCUT2D eigenvalue weighted by Gasteiger charge is -2.25. The van der Waals surface area contributed by atoms with Gasteiger partial charge in [0.25, 0.3) is 10.0 Å². The highest BCUT2D eigenvalue weighted by molar-refractivity contribution is 7.98. The molecular formula is C26H29FN2O3S2. The Morgan fingerprint density at radius 2 is 1.65 bits per heavy atom. The number of thioether (sulfide) groups is 1. The average Bonchev–Trinajstić information content (AvgIpc) is 2.81. The lowest BCUT2D eigenvalue weighted by atomic mass is 10.2. The summed E-state index contributed by atoms with van der Waals surface area (Å²) in [6, 6.07) is 20.4. The summed E-state index contributed by atoms with van der Waals surface area (Å²) in [7, 11) is -3.93. The van der Waals surface area contributed by atoms with Crippen LogP contribution in [0.4, 0.5) is 10.1 Å². The van der Waals surface area contributed by atoms with Gasteiger partial charge in [-0.05, 0) is 61.4 Å². The summed E-state index contributed by atoms with van der Waals surface area (Å²) in [5.74, 6) is 0.723. The molecule has 0 aliphatic rings. The van der Waals surface area contributed by atoms with E-state index >= 15 is 0 Å². The highest BCUT2D eigenvalue weighted by atomic mass is 32.2. The van der Waals surface area contributed by atoms with Crippen LogP contribution in [-0.2, 0) is 20.6 Å². The van der Waals surface area contributed by atoms with E-state index in [9.17, 15) is 17.6 Å². The molecule has 0 radical (unpaired) electrons. The minimum Gasteiger partial charge on any atom is -0.354 e. The van der Waals surface area contributed by atoms with E-state index < -0.39 is 10.0 Å². The Bertz CT molecular complexity index is 1210. The second-order valence-corrected chi connectivity index (χ2v) is 10.9. The van der Waals surface area contributed by atoms with Crippen LogP contribution in [0.25, 0.3) is 0 Å². The molecule has 0 unspecified atom stereocenters. The number of nitrogens with zero attached hydrogens (tertiary/aromatic N) is 1. The van der Waals surface area contributed by atoms with E-state index in [0.29, 0.717) is 30.0 Å². The van der Waals surface area contributed by atoms with Gasteiger partial charge in [-0.1, -0.05) is 54.1 Å². The molecule has 0 saturated heterocycles. The Labute approximate surface area is 205 Å². The van der Waals surface area contributed by atoms with E-state index in [1.54, 1.807) is 60.3 Å². The SMILES string of the molecule is Cc1ccc(S(=O)(=O)N(CC(=O)NCCCSCc2ccccc2F)c2ccccc2C)cc1. The Morgan fingerprint density at radius 3 is 2.35 bits per heavy atom. The topological polar surface area (TPSA) is 66.5 Å². The lowest BCUT2D eigenvalue weighted by molar-refractivity contribution is -0.119. The molecule has 3 rings (SSSR count). The molecule has 0 heterocycles. The monoisotopic (exact) mass is 500 g/mol. The third-order valence-electron chi connectivity index (χ3n) is 5.28. The maximum atomic E-state index is 13.7. The first-order valence-corrected chi connectivity index (χ1v) is 13.6. The molecule has 0 atom stereocenters. The first-order valence-electron chi connectivity index (χ1n) is 11.0. The Balaban J connectivity index is 1.60. The molecule has 5 nitrogen and oxygen atoms in total. The predicted octanol–water partition coefficient (Wildman–Crippen LogP) is 5.08. The van der Waals surface area contributed by atoms with Crippen LogP contribution in [0.15, 0.2) is 77.7 Å². The first-order chi connectivity index (χ1) is 16.3. The number of nitrogens with one attached hydrogen (secondary N) is 1. The van der Waals surface area contributed by atoms with Crippen LogP contribution in [0, 0.1) is 19.7 Å². The van der Waals surface area contributed by atoms with Gasteiger partial charge in [-0.2, -0.15) is 11.8 Å². The van der Waals surface area contributed by atoms with E-state index in [1.165, 1.54) is 6.07 Å². The van der Waals surface area contributed by atoms with Crippen molar-refractivity contribution in [3.63, 3.8) is 0 Å². The quantitative estimate of drug-likeness (QED) is 0.373.